The fraction of sp³-hybridized carbons (Fsp3) is 0.529. The first kappa shape index (κ1) is 31.9. The van der Waals surface area contributed by atoms with Gasteiger partial charge in [0.05, 0.1) is 18.8 Å². The van der Waals surface area contributed by atoms with Crippen LogP contribution in [-0.2, 0) is 25.7 Å². The molecule has 2 aromatic carbocycles. The Morgan fingerprint density at radius 1 is 1.00 bits per heavy atom. The number of carbonyl (C=O) groups is 2. The summed E-state index contributed by atoms with van der Waals surface area (Å²) >= 11 is 0. The Balaban J connectivity index is 1.39. The Kier molecular flexibility index (Phi) is 12.6. The van der Waals surface area contributed by atoms with Crippen LogP contribution >= 0.6 is 0 Å². The number of hydrogen-bond acceptors (Lipinski definition) is 6. The number of aliphatic hydroxyl groups is 1. The third-order valence-corrected chi connectivity index (χ3v) is 8.18. The maximum Gasteiger partial charge on any atom is 0.224 e. The molecule has 42 heavy (non-hydrogen) atoms. The molecule has 2 aliphatic rings. The molecule has 1 saturated carbocycles. The average Bonchev–Trinajstić information content (AvgIpc) is 3.54. The molecule has 2 amide bonds. The van der Waals surface area contributed by atoms with E-state index in [0.717, 1.165) is 61.2 Å². The number of nitrogens with one attached hydrogen (secondary N) is 2. The van der Waals surface area contributed by atoms with Crippen molar-refractivity contribution < 1.29 is 24.2 Å². The Hall–Kier alpha value is -3.04. The predicted octanol–water partition coefficient (Wildman–Crippen LogP) is 5.79. The smallest absolute Gasteiger partial charge is 0.224 e. The minimum absolute atomic E-state index is 0.0134. The quantitative estimate of drug-likeness (QED) is 0.183. The van der Waals surface area contributed by atoms with Crippen LogP contribution in [-0.4, -0.2) is 53.6 Å². The van der Waals surface area contributed by atoms with Gasteiger partial charge in [-0.25, -0.2) is 0 Å². The monoisotopic (exact) mass is 577 g/mol. The van der Waals surface area contributed by atoms with Crippen molar-refractivity contribution in [2.24, 2.45) is 0 Å². The zero-order valence-electron chi connectivity index (χ0n) is 24.9. The standard InChI is InChI=1S/C34H47N3O5/c1-3-21-37(30-9-6-7-10-30)23-31-22-32(27-14-12-26(24-38)13-15-27)42-34(41-31)28-16-18-29(19-17-28)36-33(40)11-5-4-8-20-35-25(2)39/h3,12-19,30-32,34,38H,1,4-11,20-24H2,2H3,(H,35,39)(H,36,40)/t31-,32+,34+/m1/s1. The Morgan fingerprint density at radius 3 is 2.38 bits per heavy atom. The number of amides is 2. The third kappa shape index (κ3) is 9.76. The lowest BCUT2D eigenvalue weighted by Crippen LogP contribution is -2.43. The summed E-state index contributed by atoms with van der Waals surface area (Å²) in [5.41, 5.74) is 3.59. The van der Waals surface area contributed by atoms with E-state index in [1.165, 1.54) is 32.6 Å². The Morgan fingerprint density at radius 2 is 1.71 bits per heavy atom. The van der Waals surface area contributed by atoms with E-state index in [1.54, 1.807) is 0 Å². The van der Waals surface area contributed by atoms with Gasteiger partial charge in [-0.3, -0.25) is 14.5 Å². The van der Waals surface area contributed by atoms with Crippen LogP contribution in [0.15, 0.2) is 61.2 Å². The van der Waals surface area contributed by atoms with Crippen molar-refractivity contribution in [3.8, 4) is 0 Å². The second kappa shape index (κ2) is 16.6. The molecule has 8 heteroatoms. The van der Waals surface area contributed by atoms with Crippen LogP contribution in [0, 0.1) is 0 Å². The summed E-state index contributed by atoms with van der Waals surface area (Å²) in [7, 11) is 0. The Labute approximate surface area is 250 Å². The lowest BCUT2D eigenvalue weighted by Gasteiger charge is -2.39. The van der Waals surface area contributed by atoms with Crippen LogP contribution in [0.1, 0.15) is 93.8 Å². The molecular formula is C34H47N3O5. The summed E-state index contributed by atoms with van der Waals surface area (Å²) in [5, 5.41) is 15.2. The molecule has 1 heterocycles. The molecule has 8 nitrogen and oxygen atoms in total. The lowest BCUT2D eigenvalue weighted by molar-refractivity contribution is -0.253. The highest BCUT2D eigenvalue weighted by Gasteiger charge is 2.34. The predicted molar refractivity (Wildman–Crippen MR) is 165 cm³/mol. The summed E-state index contributed by atoms with van der Waals surface area (Å²) in [6, 6.07) is 16.2. The largest absolute Gasteiger partial charge is 0.392 e. The van der Waals surface area contributed by atoms with E-state index < -0.39 is 6.29 Å². The summed E-state index contributed by atoms with van der Waals surface area (Å²) in [6.07, 6.45) is 10.00. The number of rotatable bonds is 15. The van der Waals surface area contributed by atoms with Crippen LogP contribution in [0.2, 0.25) is 0 Å². The zero-order valence-corrected chi connectivity index (χ0v) is 24.9. The highest BCUT2D eigenvalue weighted by molar-refractivity contribution is 5.90. The number of ether oxygens (including phenoxy) is 2. The van der Waals surface area contributed by atoms with Gasteiger partial charge in [-0.05, 0) is 48.9 Å². The number of aliphatic hydroxyl groups excluding tert-OH is 1. The van der Waals surface area contributed by atoms with E-state index in [1.807, 2.05) is 54.6 Å². The maximum absolute atomic E-state index is 12.4. The van der Waals surface area contributed by atoms with Crippen LogP contribution in [0.25, 0.3) is 0 Å². The molecule has 3 atom stereocenters. The van der Waals surface area contributed by atoms with Crippen LogP contribution < -0.4 is 10.6 Å². The molecule has 0 aromatic heterocycles. The molecule has 0 radical (unpaired) electrons. The average molecular weight is 578 g/mol. The van der Waals surface area contributed by atoms with Crippen LogP contribution in [0.4, 0.5) is 5.69 Å². The van der Waals surface area contributed by atoms with Crippen molar-refractivity contribution in [2.75, 3.05) is 25.0 Å². The zero-order chi connectivity index (χ0) is 29.7. The SMILES string of the molecule is C=CCN(C[C@H]1C[C@@H](c2ccc(CO)cc2)O[C@@H](c2ccc(NC(=O)CCCCCNC(C)=O)cc2)O1)C1CCCC1. The Bertz CT molecular complexity index is 1130. The van der Waals surface area contributed by atoms with Gasteiger partial charge in [0.15, 0.2) is 6.29 Å². The normalized spacial score (nSPS) is 20.9. The first-order chi connectivity index (χ1) is 20.4. The van der Waals surface area contributed by atoms with Gasteiger partial charge >= 0.3 is 0 Å². The first-order valence-corrected chi connectivity index (χ1v) is 15.4. The van der Waals surface area contributed by atoms with E-state index in [9.17, 15) is 14.7 Å². The van der Waals surface area contributed by atoms with Crippen LogP contribution in [0.5, 0.6) is 0 Å². The van der Waals surface area contributed by atoms with Gasteiger partial charge in [-0.15, -0.1) is 6.58 Å². The van der Waals surface area contributed by atoms with Gasteiger partial charge in [0, 0.05) is 56.7 Å². The second-order valence-electron chi connectivity index (χ2n) is 11.5. The molecule has 0 bridgehead atoms. The fourth-order valence-corrected chi connectivity index (χ4v) is 5.90. The van der Waals surface area contributed by atoms with Gasteiger partial charge in [0.2, 0.25) is 11.8 Å². The van der Waals surface area contributed by atoms with Crippen molar-refractivity contribution in [1.29, 1.82) is 0 Å². The summed E-state index contributed by atoms with van der Waals surface area (Å²) in [5.74, 6) is -0.0465. The molecule has 4 rings (SSSR count). The van der Waals surface area contributed by atoms with Crippen LogP contribution in [0.3, 0.4) is 0 Å². The molecule has 0 spiro atoms. The summed E-state index contributed by atoms with van der Waals surface area (Å²) in [6.45, 7) is 7.83. The molecule has 1 aliphatic carbocycles. The highest BCUT2D eigenvalue weighted by Crippen LogP contribution is 2.39. The number of anilines is 1. The number of benzene rings is 2. The number of hydrogen-bond donors (Lipinski definition) is 3. The van der Waals surface area contributed by atoms with Gasteiger partial charge in [0.25, 0.3) is 0 Å². The van der Waals surface area contributed by atoms with Crippen molar-refractivity contribution in [2.45, 2.75) is 95.9 Å². The number of carbonyl (C=O) groups excluding carboxylic acids is 2. The molecule has 0 unspecified atom stereocenters. The topological polar surface area (TPSA) is 100 Å². The third-order valence-electron chi connectivity index (χ3n) is 8.18. The second-order valence-corrected chi connectivity index (χ2v) is 11.5. The summed E-state index contributed by atoms with van der Waals surface area (Å²) in [4.78, 5) is 25.9. The first-order valence-electron chi connectivity index (χ1n) is 15.4. The highest BCUT2D eigenvalue weighted by atomic mass is 16.7. The van der Waals surface area contributed by atoms with E-state index in [4.69, 9.17) is 9.47 Å². The van der Waals surface area contributed by atoms with E-state index >= 15 is 0 Å². The number of nitrogens with zero attached hydrogens (tertiary/aromatic N) is 1. The number of unbranched alkanes of at least 4 members (excludes halogenated alkanes) is 2. The molecule has 2 aromatic rings. The van der Waals surface area contributed by atoms with Gasteiger partial charge in [0.1, 0.15) is 0 Å². The molecular weight excluding hydrogens is 530 g/mol. The summed E-state index contributed by atoms with van der Waals surface area (Å²) < 4.78 is 13.1. The molecule has 3 N–H and O–H groups in total. The minimum atomic E-state index is -0.534. The van der Waals surface area contributed by atoms with Crippen molar-refractivity contribution in [3.05, 3.63) is 77.9 Å². The van der Waals surface area contributed by atoms with Crippen molar-refractivity contribution in [3.63, 3.8) is 0 Å². The maximum atomic E-state index is 12.4. The van der Waals surface area contributed by atoms with E-state index in [0.29, 0.717) is 19.0 Å². The van der Waals surface area contributed by atoms with Crippen molar-refractivity contribution >= 4 is 17.5 Å². The van der Waals surface area contributed by atoms with Crippen molar-refractivity contribution in [1.82, 2.24) is 10.2 Å². The minimum Gasteiger partial charge on any atom is -0.392 e. The molecule has 228 valence electrons. The van der Waals surface area contributed by atoms with E-state index in [-0.39, 0.29) is 30.6 Å². The van der Waals surface area contributed by atoms with Gasteiger partial charge < -0.3 is 25.2 Å². The van der Waals surface area contributed by atoms with Gasteiger partial charge in [-0.1, -0.05) is 61.7 Å². The molecule has 2 fully saturated rings. The lowest BCUT2D eigenvalue weighted by atomic mass is 9.99. The van der Waals surface area contributed by atoms with Gasteiger partial charge in [-0.2, -0.15) is 0 Å². The molecule has 1 saturated heterocycles. The molecule has 1 aliphatic heterocycles. The van der Waals surface area contributed by atoms with E-state index in [2.05, 4.69) is 22.1 Å². The fourth-order valence-electron chi connectivity index (χ4n) is 5.90.